The van der Waals surface area contributed by atoms with Gasteiger partial charge in [-0.25, -0.2) is 0 Å². The van der Waals surface area contributed by atoms with Gasteiger partial charge in [0.1, 0.15) is 17.6 Å². The van der Waals surface area contributed by atoms with Crippen LogP contribution >= 0.6 is 0 Å². The molecule has 0 saturated heterocycles. The molecule has 4 N–H and O–H groups in total. The van der Waals surface area contributed by atoms with Crippen molar-refractivity contribution in [3.63, 3.8) is 0 Å². The fraction of sp³-hybridized carbons (Fsp3) is 0.250. The SMILES string of the molecule is C=NOC(=NC)C(CO)NC(=O)C1=CC=C(O)C=CC1.Cc1ccc(O)cc1. The number of benzene rings is 1. The highest BCUT2D eigenvalue weighted by atomic mass is 16.6. The molecule has 1 amide bonds. The molecule has 150 valence electrons. The van der Waals surface area contributed by atoms with E-state index in [2.05, 4.69) is 22.2 Å². The Bertz CT molecular complexity index is 759. The molecule has 0 aliphatic heterocycles. The smallest absolute Gasteiger partial charge is 0.248 e. The van der Waals surface area contributed by atoms with Crippen molar-refractivity contribution in [1.82, 2.24) is 5.32 Å². The minimum absolute atomic E-state index is 0.0546. The fourth-order valence-electron chi connectivity index (χ4n) is 2.09. The van der Waals surface area contributed by atoms with Gasteiger partial charge in [-0.1, -0.05) is 28.9 Å². The van der Waals surface area contributed by atoms with Crippen LogP contribution in [0.1, 0.15) is 12.0 Å². The van der Waals surface area contributed by atoms with Crippen molar-refractivity contribution >= 4 is 18.5 Å². The van der Waals surface area contributed by atoms with Crippen molar-refractivity contribution < 1.29 is 25.0 Å². The predicted molar refractivity (Wildman–Crippen MR) is 108 cm³/mol. The van der Waals surface area contributed by atoms with Gasteiger partial charge < -0.3 is 25.5 Å². The highest BCUT2D eigenvalue weighted by Gasteiger charge is 2.21. The van der Waals surface area contributed by atoms with E-state index in [4.69, 9.17) is 9.94 Å². The van der Waals surface area contributed by atoms with Crippen LogP contribution in [0.15, 0.2) is 70.0 Å². The number of hydrogen-bond acceptors (Lipinski definition) is 7. The number of allylic oxidation sites excluding steroid dienone is 4. The van der Waals surface area contributed by atoms with Gasteiger partial charge >= 0.3 is 0 Å². The molecule has 1 aromatic rings. The summed E-state index contributed by atoms with van der Waals surface area (Å²) >= 11 is 0. The van der Waals surface area contributed by atoms with E-state index in [1.165, 1.54) is 30.8 Å². The summed E-state index contributed by atoms with van der Waals surface area (Å²) in [7, 11) is 1.45. The maximum Gasteiger partial charge on any atom is 0.248 e. The van der Waals surface area contributed by atoms with Crippen molar-refractivity contribution in [2.75, 3.05) is 13.7 Å². The zero-order valence-electron chi connectivity index (χ0n) is 15.9. The second-order valence-corrected chi connectivity index (χ2v) is 5.72. The molecule has 1 aliphatic rings. The van der Waals surface area contributed by atoms with Gasteiger partial charge in [-0.15, -0.1) is 0 Å². The van der Waals surface area contributed by atoms with Gasteiger partial charge in [-0.3, -0.25) is 9.79 Å². The summed E-state index contributed by atoms with van der Waals surface area (Å²) in [5.41, 5.74) is 1.61. The van der Waals surface area contributed by atoms with Gasteiger partial charge in [0.2, 0.25) is 11.8 Å². The Morgan fingerprint density at radius 3 is 2.50 bits per heavy atom. The van der Waals surface area contributed by atoms with Crippen LogP contribution in [0.2, 0.25) is 0 Å². The topological polar surface area (TPSA) is 124 Å². The van der Waals surface area contributed by atoms with Crippen molar-refractivity contribution in [3.05, 3.63) is 65.5 Å². The molecule has 0 bridgehead atoms. The average molecular weight is 387 g/mol. The van der Waals surface area contributed by atoms with Crippen LogP contribution in [0.4, 0.5) is 0 Å². The summed E-state index contributed by atoms with van der Waals surface area (Å²) in [6.07, 6.45) is 6.46. The summed E-state index contributed by atoms with van der Waals surface area (Å²) < 4.78 is 0. The van der Waals surface area contributed by atoms with E-state index in [0.717, 1.165) is 0 Å². The van der Waals surface area contributed by atoms with E-state index in [1.54, 1.807) is 18.2 Å². The Morgan fingerprint density at radius 1 is 1.29 bits per heavy atom. The van der Waals surface area contributed by atoms with Crippen molar-refractivity contribution in [1.29, 1.82) is 0 Å². The Labute approximate surface area is 163 Å². The summed E-state index contributed by atoms with van der Waals surface area (Å²) in [4.78, 5) is 20.6. The summed E-state index contributed by atoms with van der Waals surface area (Å²) in [6.45, 7) is 4.75. The molecule has 0 aromatic heterocycles. The van der Waals surface area contributed by atoms with Gasteiger partial charge in [0.25, 0.3) is 0 Å². The van der Waals surface area contributed by atoms with Crippen LogP contribution in [0, 0.1) is 6.92 Å². The number of nitrogens with one attached hydrogen (secondary N) is 1. The number of aryl methyl sites for hydroxylation is 1. The minimum Gasteiger partial charge on any atom is -0.508 e. The number of phenols is 1. The molecule has 8 nitrogen and oxygen atoms in total. The standard InChI is InChI=1S/C13H17N3O4.C7H8O/c1-14-13(20-15-2)11(8-17)16-12(19)9-4-3-5-10(18)7-6-9;1-6-2-4-7(8)5-3-6/h3,5-7,11,17-18H,2,4,8H2,1H3,(H,16,19);2-5,8H,1H3. The average Bonchev–Trinajstić information content (AvgIpc) is 2.91. The Kier molecular flexibility index (Phi) is 9.77. The van der Waals surface area contributed by atoms with Crippen LogP contribution in [0.5, 0.6) is 5.75 Å². The Balaban J connectivity index is 0.000000406. The molecule has 1 aliphatic carbocycles. The number of carbonyl (C=O) groups is 1. The Hall–Kier alpha value is -3.39. The zero-order chi connectivity index (χ0) is 20.9. The van der Waals surface area contributed by atoms with E-state index in [-0.39, 0.29) is 11.7 Å². The molecule has 2 rings (SSSR count). The minimum atomic E-state index is -0.816. The highest BCUT2D eigenvalue weighted by molar-refractivity contribution is 5.97. The quantitative estimate of drug-likeness (QED) is 0.350. The third-order valence-corrected chi connectivity index (χ3v) is 3.57. The van der Waals surface area contributed by atoms with Gasteiger partial charge in [0.15, 0.2) is 0 Å². The first-order valence-corrected chi connectivity index (χ1v) is 8.44. The molecular weight excluding hydrogens is 362 g/mol. The normalized spacial score (nSPS) is 14.5. The number of oxime groups is 1. The van der Waals surface area contributed by atoms with E-state index >= 15 is 0 Å². The first-order chi connectivity index (χ1) is 13.4. The molecule has 0 spiro atoms. The second-order valence-electron chi connectivity index (χ2n) is 5.72. The van der Waals surface area contributed by atoms with Crippen LogP contribution in [-0.4, -0.2) is 53.5 Å². The number of amides is 1. The monoisotopic (exact) mass is 387 g/mol. The number of aliphatic hydroxyl groups is 2. The fourth-order valence-corrected chi connectivity index (χ4v) is 2.09. The molecule has 1 aromatic carbocycles. The maximum absolute atomic E-state index is 12.1. The van der Waals surface area contributed by atoms with Gasteiger partial charge in [-0.2, -0.15) is 0 Å². The molecule has 1 unspecified atom stereocenters. The number of rotatable bonds is 5. The first kappa shape index (κ1) is 22.7. The maximum atomic E-state index is 12.1. The Morgan fingerprint density at radius 2 is 1.96 bits per heavy atom. The largest absolute Gasteiger partial charge is 0.508 e. The number of aliphatic imine (C=N–C) groups is 1. The van der Waals surface area contributed by atoms with Gasteiger partial charge in [0.05, 0.1) is 6.61 Å². The number of aliphatic hydroxyl groups excluding tert-OH is 2. The number of phenolic OH excluding ortho intramolecular Hbond substituents is 1. The van der Waals surface area contributed by atoms with Crippen LogP contribution in [0.25, 0.3) is 0 Å². The molecule has 0 saturated carbocycles. The van der Waals surface area contributed by atoms with Crippen molar-refractivity contribution in [2.45, 2.75) is 19.4 Å². The molecule has 0 fully saturated rings. The first-order valence-electron chi connectivity index (χ1n) is 8.44. The predicted octanol–water partition coefficient (Wildman–Crippen LogP) is 2.15. The van der Waals surface area contributed by atoms with E-state index in [0.29, 0.717) is 17.7 Å². The molecule has 8 heteroatoms. The summed E-state index contributed by atoms with van der Waals surface area (Å²) in [5.74, 6) is 0.0598. The van der Waals surface area contributed by atoms with Crippen LogP contribution in [-0.2, 0) is 9.63 Å². The highest BCUT2D eigenvalue weighted by Crippen LogP contribution is 2.10. The van der Waals surface area contributed by atoms with Crippen LogP contribution in [0.3, 0.4) is 0 Å². The lowest BCUT2D eigenvalue weighted by Gasteiger charge is -2.16. The summed E-state index contributed by atoms with van der Waals surface area (Å²) in [5, 5.41) is 33.1. The molecule has 0 heterocycles. The number of carbonyl (C=O) groups excluding carboxylic acids is 1. The number of hydrogen-bond donors (Lipinski definition) is 4. The number of nitrogens with zero attached hydrogens (tertiary/aromatic N) is 2. The van der Waals surface area contributed by atoms with Crippen molar-refractivity contribution in [3.8, 4) is 5.75 Å². The molecule has 1 atom stereocenters. The van der Waals surface area contributed by atoms with E-state index in [1.807, 2.05) is 19.1 Å². The molecule has 28 heavy (non-hydrogen) atoms. The summed E-state index contributed by atoms with van der Waals surface area (Å²) in [6, 6.07) is 6.28. The third-order valence-electron chi connectivity index (χ3n) is 3.57. The number of aromatic hydroxyl groups is 1. The lowest BCUT2D eigenvalue weighted by atomic mass is 10.1. The zero-order valence-corrected chi connectivity index (χ0v) is 15.9. The molecular formula is C20H25N3O5. The van der Waals surface area contributed by atoms with E-state index in [9.17, 15) is 15.0 Å². The lowest BCUT2D eigenvalue weighted by molar-refractivity contribution is -0.118. The third kappa shape index (κ3) is 7.88. The van der Waals surface area contributed by atoms with E-state index < -0.39 is 18.6 Å². The van der Waals surface area contributed by atoms with Crippen LogP contribution < -0.4 is 5.32 Å². The van der Waals surface area contributed by atoms with Gasteiger partial charge in [-0.05, 0) is 43.7 Å². The second kappa shape index (κ2) is 12.1. The lowest BCUT2D eigenvalue weighted by Crippen LogP contribution is -2.44. The van der Waals surface area contributed by atoms with Gasteiger partial charge in [0, 0.05) is 19.3 Å². The molecule has 0 radical (unpaired) electrons. The van der Waals surface area contributed by atoms with Crippen molar-refractivity contribution in [2.24, 2.45) is 10.1 Å².